The lowest BCUT2D eigenvalue weighted by Crippen LogP contribution is -2.52. The Morgan fingerprint density at radius 3 is 2.27 bits per heavy atom. The molecule has 4 rings (SSSR count). The van der Waals surface area contributed by atoms with E-state index in [1.807, 2.05) is 56.3 Å². The summed E-state index contributed by atoms with van der Waals surface area (Å²) in [5.74, 6) is 0.00869. The molecule has 0 spiro atoms. The number of carbonyl (C=O) groups is 1. The lowest BCUT2D eigenvalue weighted by molar-refractivity contribution is -0.127. The first-order valence-electron chi connectivity index (χ1n) is 10.5. The maximum absolute atomic E-state index is 13.2. The van der Waals surface area contributed by atoms with E-state index >= 15 is 0 Å². The zero-order chi connectivity index (χ0) is 21.3. The Morgan fingerprint density at radius 2 is 1.67 bits per heavy atom. The molecular weight excluding hydrogens is 398 g/mol. The lowest BCUT2D eigenvalue weighted by atomic mass is 10.0. The number of hydrogen-bond donors (Lipinski definition) is 1. The topological polar surface area (TPSA) is 69.7 Å². The Bertz CT molecular complexity index is 1010. The molecular formula is C23H29N3O3S. The molecule has 30 heavy (non-hydrogen) atoms. The van der Waals surface area contributed by atoms with Crippen molar-refractivity contribution in [1.29, 1.82) is 0 Å². The molecule has 1 saturated carbocycles. The quantitative estimate of drug-likeness (QED) is 0.770. The van der Waals surface area contributed by atoms with Gasteiger partial charge in [0.05, 0.1) is 4.90 Å². The maximum Gasteiger partial charge on any atom is 0.243 e. The molecule has 2 fully saturated rings. The fourth-order valence-electron chi connectivity index (χ4n) is 4.10. The van der Waals surface area contributed by atoms with Crippen molar-refractivity contribution in [3.05, 3.63) is 65.2 Å². The zero-order valence-corrected chi connectivity index (χ0v) is 18.4. The van der Waals surface area contributed by atoms with Crippen LogP contribution >= 0.6 is 0 Å². The van der Waals surface area contributed by atoms with Gasteiger partial charge in [-0.25, -0.2) is 8.42 Å². The van der Waals surface area contributed by atoms with Crippen LogP contribution in [0, 0.1) is 13.8 Å². The first-order valence-corrected chi connectivity index (χ1v) is 12.0. The summed E-state index contributed by atoms with van der Waals surface area (Å²) in [5, 5.41) is 3.12. The highest BCUT2D eigenvalue weighted by molar-refractivity contribution is 7.89. The Kier molecular flexibility index (Phi) is 5.95. The van der Waals surface area contributed by atoms with Crippen LogP contribution in [0.2, 0.25) is 0 Å². The fraction of sp³-hybridized carbons (Fsp3) is 0.435. The molecule has 7 heteroatoms. The Balaban J connectivity index is 1.50. The van der Waals surface area contributed by atoms with Gasteiger partial charge in [-0.2, -0.15) is 4.31 Å². The molecule has 1 aliphatic carbocycles. The second-order valence-electron chi connectivity index (χ2n) is 8.31. The normalized spacial score (nSPS) is 19.4. The molecule has 2 aliphatic rings. The molecule has 1 N–H and O–H groups in total. The van der Waals surface area contributed by atoms with Gasteiger partial charge in [-0.05, 0) is 43.9 Å². The van der Waals surface area contributed by atoms with E-state index in [0.717, 1.165) is 29.5 Å². The molecule has 0 unspecified atom stereocenters. The number of nitrogens with zero attached hydrogens (tertiary/aromatic N) is 2. The molecule has 6 nitrogen and oxygen atoms in total. The van der Waals surface area contributed by atoms with Crippen LogP contribution in [0.5, 0.6) is 0 Å². The fourth-order valence-corrected chi connectivity index (χ4v) is 5.73. The van der Waals surface area contributed by atoms with Crippen LogP contribution in [0.1, 0.15) is 35.6 Å². The summed E-state index contributed by atoms with van der Waals surface area (Å²) in [6.07, 6.45) is 2.07. The van der Waals surface area contributed by atoms with Crippen molar-refractivity contribution < 1.29 is 13.2 Å². The van der Waals surface area contributed by atoms with Crippen molar-refractivity contribution in [1.82, 2.24) is 14.5 Å². The number of amides is 1. The first-order chi connectivity index (χ1) is 14.4. The standard InChI is InChI=1S/C23H29N3O3S/c1-17-8-11-21(18(2)16-17)30(28,29)26-14-12-25(13-15-26)22(19-6-4-3-5-7-19)23(27)24-20-9-10-20/h3-8,11,16,20,22H,9-10,12-15H2,1-2H3,(H,24,27)/t22-/m0/s1. The van der Waals surface area contributed by atoms with E-state index in [1.165, 1.54) is 0 Å². The van der Waals surface area contributed by atoms with E-state index in [2.05, 4.69) is 10.2 Å². The van der Waals surface area contributed by atoms with Crippen LogP contribution in [-0.4, -0.2) is 55.8 Å². The minimum absolute atomic E-state index is 0.00869. The van der Waals surface area contributed by atoms with Crippen molar-refractivity contribution in [2.45, 2.75) is 43.7 Å². The lowest BCUT2D eigenvalue weighted by Gasteiger charge is -2.38. The molecule has 2 aromatic carbocycles. The summed E-state index contributed by atoms with van der Waals surface area (Å²) < 4.78 is 27.9. The Labute approximate surface area is 178 Å². The number of benzene rings is 2. The van der Waals surface area contributed by atoms with E-state index in [4.69, 9.17) is 0 Å². The van der Waals surface area contributed by atoms with Crippen molar-refractivity contribution in [3.63, 3.8) is 0 Å². The second kappa shape index (κ2) is 8.49. The maximum atomic E-state index is 13.2. The van der Waals surface area contributed by atoms with Gasteiger partial charge in [0.2, 0.25) is 15.9 Å². The van der Waals surface area contributed by atoms with Crippen LogP contribution in [0.15, 0.2) is 53.4 Å². The van der Waals surface area contributed by atoms with Gasteiger partial charge in [0.25, 0.3) is 0 Å². The smallest absolute Gasteiger partial charge is 0.243 e. The summed E-state index contributed by atoms with van der Waals surface area (Å²) in [6, 6.07) is 15.1. The van der Waals surface area contributed by atoms with Crippen molar-refractivity contribution in [2.75, 3.05) is 26.2 Å². The summed E-state index contributed by atoms with van der Waals surface area (Å²) in [6.45, 7) is 5.57. The second-order valence-corrected chi connectivity index (χ2v) is 10.2. The van der Waals surface area contributed by atoms with E-state index in [0.29, 0.717) is 31.1 Å². The van der Waals surface area contributed by atoms with Crippen LogP contribution in [-0.2, 0) is 14.8 Å². The highest BCUT2D eigenvalue weighted by atomic mass is 32.2. The molecule has 0 radical (unpaired) electrons. The largest absolute Gasteiger partial charge is 0.352 e. The zero-order valence-electron chi connectivity index (χ0n) is 17.5. The number of aryl methyl sites for hydroxylation is 2. The Morgan fingerprint density at radius 1 is 1.00 bits per heavy atom. The first kappa shape index (κ1) is 21.0. The van der Waals surface area contributed by atoms with E-state index in [-0.39, 0.29) is 11.9 Å². The van der Waals surface area contributed by atoms with Gasteiger partial charge in [-0.1, -0.05) is 48.0 Å². The van der Waals surface area contributed by atoms with Crippen molar-refractivity contribution in [2.24, 2.45) is 0 Å². The summed E-state index contributed by atoms with van der Waals surface area (Å²) >= 11 is 0. The molecule has 160 valence electrons. The average Bonchev–Trinajstić information content (AvgIpc) is 3.53. The highest BCUT2D eigenvalue weighted by Crippen LogP contribution is 2.28. The van der Waals surface area contributed by atoms with Gasteiger partial charge in [0.1, 0.15) is 6.04 Å². The molecule has 0 bridgehead atoms. The third kappa shape index (κ3) is 4.43. The molecule has 2 aromatic rings. The van der Waals surface area contributed by atoms with Crippen molar-refractivity contribution in [3.8, 4) is 0 Å². The Hall–Kier alpha value is -2.22. The van der Waals surface area contributed by atoms with Gasteiger partial charge in [-0.15, -0.1) is 0 Å². The number of sulfonamides is 1. The molecule has 1 saturated heterocycles. The minimum Gasteiger partial charge on any atom is -0.352 e. The predicted molar refractivity (Wildman–Crippen MR) is 117 cm³/mol. The number of nitrogens with one attached hydrogen (secondary N) is 1. The van der Waals surface area contributed by atoms with E-state index in [1.54, 1.807) is 10.4 Å². The third-order valence-corrected chi connectivity index (χ3v) is 7.93. The molecule has 1 amide bonds. The summed E-state index contributed by atoms with van der Waals surface area (Å²) in [7, 11) is -3.55. The summed E-state index contributed by atoms with van der Waals surface area (Å²) in [5.41, 5.74) is 2.76. The van der Waals surface area contributed by atoms with Gasteiger partial charge in [0, 0.05) is 32.2 Å². The number of carbonyl (C=O) groups excluding carboxylic acids is 1. The van der Waals surface area contributed by atoms with Crippen LogP contribution in [0.4, 0.5) is 0 Å². The molecule has 0 aromatic heterocycles. The SMILES string of the molecule is Cc1ccc(S(=O)(=O)N2CCN([C@H](C(=O)NC3CC3)c3ccccc3)CC2)c(C)c1. The van der Waals surface area contributed by atoms with Gasteiger partial charge >= 0.3 is 0 Å². The van der Waals surface area contributed by atoms with Crippen LogP contribution < -0.4 is 5.32 Å². The number of hydrogen-bond acceptors (Lipinski definition) is 4. The van der Waals surface area contributed by atoms with E-state index in [9.17, 15) is 13.2 Å². The summed E-state index contributed by atoms with van der Waals surface area (Å²) in [4.78, 5) is 15.5. The van der Waals surface area contributed by atoms with Crippen LogP contribution in [0.3, 0.4) is 0 Å². The van der Waals surface area contributed by atoms with Gasteiger partial charge < -0.3 is 5.32 Å². The molecule has 1 heterocycles. The number of piperazine rings is 1. The third-order valence-electron chi connectivity index (χ3n) is 5.87. The van der Waals surface area contributed by atoms with Crippen LogP contribution in [0.25, 0.3) is 0 Å². The number of rotatable bonds is 6. The van der Waals surface area contributed by atoms with E-state index < -0.39 is 16.1 Å². The van der Waals surface area contributed by atoms with Gasteiger partial charge in [-0.3, -0.25) is 9.69 Å². The average molecular weight is 428 g/mol. The minimum atomic E-state index is -3.55. The molecule has 1 aliphatic heterocycles. The highest BCUT2D eigenvalue weighted by Gasteiger charge is 2.36. The van der Waals surface area contributed by atoms with Gasteiger partial charge in [0.15, 0.2) is 0 Å². The molecule has 1 atom stereocenters. The predicted octanol–water partition coefficient (Wildman–Crippen LogP) is 2.63. The van der Waals surface area contributed by atoms with Crippen molar-refractivity contribution >= 4 is 15.9 Å². The monoisotopic (exact) mass is 427 g/mol.